The zero-order chi connectivity index (χ0) is 46.6. The smallest absolute Gasteiger partial charge is 0.297 e. The van der Waals surface area contributed by atoms with E-state index in [-0.39, 0.29) is 17.5 Å². The second kappa shape index (κ2) is 17.1. The lowest BCUT2D eigenvalue weighted by molar-refractivity contribution is 0.586. The van der Waals surface area contributed by atoms with E-state index >= 15 is 0 Å². The number of aryl methyl sites for hydroxylation is 1. The molecular weight excluding hydrogens is 814 g/mol. The zero-order valence-corrected chi connectivity index (χ0v) is 40.0. The highest BCUT2D eigenvalue weighted by molar-refractivity contribution is 6.95. The Kier molecular flexibility index (Phi) is 11.0. The maximum atomic E-state index is 7.58. The van der Waals surface area contributed by atoms with Gasteiger partial charge in [0.2, 0.25) is 0 Å². The minimum atomic E-state index is -0.295. The second-order valence-corrected chi connectivity index (χ2v) is 20.0. The fourth-order valence-electron chi connectivity index (χ4n) is 10.2. The van der Waals surface area contributed by atoms with Crippen molar-refractivity contribution in [3.05, 3.63) is 234 Å². The standard InChI is InChI=1S/C62H58BN3O/c1-42-41-51(38-39-52(42)62(7,8)9)66-55-32-22-31-54-57(55)63(60-58(66)56(45-23-14-10-15-24-45)59(67-60)46-25-16-11-17-26-46)53(44(3)65(54)50-36-34-47(35-37-50)61(4,5)6)40-33-43(2)64(48-27-18-12-19-28-48)49-29-20-13-21-30-49/h10-41H,3H2,1-2,4-9H3/b43-33+,53-40+. The normalized spacial score (nSPS) is 14.3. The van der Waals surface area contributed by atoms with Crippen molar-refractivity contribution in [3.8, 4) is 22.5 Å². The fourth-order valence-corrected chi connectivity index (χ4v) is 10.2. The van der Waals surface area contributed by atoms with Gasteiger partial charge >= 0.3 is 0 Å². The van der Waals surface area contributed by atoms with Crippen LogP contribution in [0.2, 0.25) is 0 Å². The van der Waals surface area contributed by atoms with Crippen LogP contribution in [0.15, 0.2) is 222 Å². The van der Waals surface area contributed by atoms with E-state index in [1.165, 1.54) is 22.2 Å². The highest BCUT2D eigenvalue weighted by Crippen LogP contribution is 2.52. The summed E-state index contributed by atoms with van der Waals surface area (Å²) in [5, 5.41) is 0. The number of hydrogen-bond donors (Lipinski definition) is 0. The van der Waals surface area contributed by atoms with Crippen molar-refractivity contribution in [1.82, 2.24) is 0 Å². The van der Waals surface area contributed by atoms with Crippen LogP contribution in [0.5, 0.6) is 0 Å². The van der Waals surface area contributed by atoms with Crippen molar-refractivity contribution in [2.45, 2.75) is 66.2 Å². The van der Waals surface area contributed by atoms with Crippen LogP contribution < -0.4 is 25.8 Å². The number of fused-ring (bicyclic) bond motifs is 2. The molecule has 10 rings (SSSR count). The average Bonchev–Trinajstić information content (AvgIpc) is 3.72. The molecule has 7 aromatic carbocycles. The molecular formula is C62H58BN3O. The molecule has 0 atom stereocenters. The number of allylic oxidation sites excluding steroid dienone is 4. The Morgan fingerprint density at radius 1 is 0.597 bits per heavy atom. The molecule has 330 valence electrons. The summed E-state index contributed by atoms with van der Waals surface area (Å²) in [6.45, 7) is 22.8. The van der Waals surface area contributed by atoms with Crippen molar-refractivity contribution < 1.29 is 4.42 Å². The Morgan fingerprint density at radius 3 is 1.69 bits per heavy atom. The molecule has 2 aliphatic rings. The van der Waals surface area contributed by atoms with Gasteiger partial charge in [0.1, 0.15) is 5.76 Å². The third-order valence-corrected chi connectivity index (χ3v) is 13.4. The summed E-state index contributed by atoms with van der Waals surface area (Å²) in [6, 6.07) is 65.3. The Hall–Kier alpha value is -7.50. The lowest BCUT2D eigenvalue weighted by Crippen LogP contribution is -2.56. The van der Waals surface area contributed by atoms with Crippen LogP contribution in [-0.2, 0) is 10.8 Å². The molecule has 0 bridgehead atoms. The van der Waals surface area contributed by atoms with Gasteiger partial charge < -0.3 is 19.1 Å². The molecule has 0 amide bonds. The molecule has 0 spiro atoms. The number of nitrogens with zero attached hydrogens (tertiary/aromatic N) is 3. The summed E-state index contributed by atoms with van der Waals surface area (Å²) in [4.78, 5) is 7.15. The van der Waals surface area contributed by atoms with Gasteiger partial charge in [0.05, 0.1) is 16.9 Å². The molecule has 0 unspecified atom stereocenters. The summed E-state index contributed by atoms with van der Waals surface area (Å²) in [6.07, 6.45) is 4.56. The first-order valence-electron chi connectivity index (χ1n) is 23.5. The highest BCUT2D eigenvalue weighted by Gasteiger charge is 2.48. The molecule has 0 radical (unpaired) electrons. The van der Waals surface area contributed by atoms with Gasteiger partial charge in [0.15, 0.2) is 0 Å². The Balaban J connectivity index is 1.29. The van der Waals surface area contributed by atoms with Crippen LogP contribution in [0.3, 0.4) is 0 Å². The Morgan fingerprint density at radius 2 is 1.13 bits per heavy atom. The first kappa shape index (κ1) is 43.4. The van der Waals surface area contributed by atoms with E-state index in [0.717, 1.165) is 84.8 Å². The van der Waals surface area contributed by atoms with Crippen LogP contribution in [-0.4, -0.2) is 6.71 Å². The number of furan rings is 1. The largest absolute Gasteiger partial charge is 0.467 e. The minimum absolute atomic E-state index is 0.00892. The fraction of sp³-hybridized carbons (Fsp3) is 0.161. The van der Waals surface area contributed by atoms with Gasteiger partial charge in [-0.2, -0.15) is 0 Å². The summed E-state index contributed by atoms with van der Waals surface area (Å²) < 4.78 is 7.58. The molecule has 0 fully saturated rings. The quantitative estimate of drug-likeness (QED) is 0.142. The van der Waals surface area contributed by atoms with Crippen molar-refractivity contribution in [1.29, 1.82) is 0 Å². The number of hydrogen-bond acceptors (Lipinski definition) is 4. The first-order valence-corrected chi connectivity index (χ1v) is 23.5. The molecule has 1 aromatic heterocycles. The predicted molar refractivity (Wildman–Crippen MR) is 286 cm³/mol. The average molecular weight is 872 g/mol. The van der Waals surface area contributed by atoms with E-state index in [0.29, 0.717) is 0 Å². The minimum Gasteiger partial charge on any atom is -0.467 e. The molecule has 2 aliphatic heterocycles. The van der Waals surface area contributed by atoms with E-state index in [1.54, 1.807) is 0 Å². The van der Waals surface area contributed by atoms with Crippen LogP contribution in [0.25, 0.3) is 22.5 Å². The highest BCUT2D eigenvalue weighted by atomic mass is 16.3. The molecule has 5 heteroatoms. The van der Waals surface area contributed by atoms with Crippen molar-refractivity contribution in [2.75, 3.05) is 14.7 Å². The van der Waals surface area contributed by atoms with Crippen molar-refractivity contribution in [3.63, 3.8) is 0 Å². The van der Waals surface area contributed by atoms with E-state index in [9.17, 15) is 0 Å². The van der Waals surface area contributed by atoms with Gasteiger partial charge in [0.25, 0.3) is 6.71 Å². The second-order valence-electron chi connectivity index (χ2n) is 20.0. The summed E-state index contributed by atoms with van der Waals surface area (Å²) >= 11 is 0. The third-order valence-electron chi connectivity index (χ3n) is 13.4. The van der Waals surface area contributed by atoms with Gasteiger partial charge in [-0.25, -0.2) is 0 Å². The number of rotatable bonds is 8. The number of benzene rings is 7. The van der Waals surface area contributed by atoms with Gasteiger partial charge in [0, 0.05) is 51.1 Å². The molecule has 0 saturated heterocycles. The topological polar surface area (TPSA) is 22.9 Å². The van der Waals surface area contributed by atoms with Crippen molar-refractivity contribution in [2.24, 2.45) is 0 Å². The van der Waals surface area contributed by atoms with Crippen LogP contribution in [0.1, 0.15) is 65.2 Å². The van der Waals surface area contributed by atoms with E-state index in [4.69, 9.17) is 11.0 Å². The molecule has 0 N–H and O–H groups in total. The summed E-state index contributed by atoms with van der Waals surface area (Å²) in [5.41, 5.74) is 19.7. The maximum absolute atomic E-state index is 7.58. The van der Waals surface area contributed by atoms with E-state index < -0.39 is 0 Å². The monoisotopic (exact) mass is 871 g/mol. The predicted octanol–water partition coefficient (Wildman–Crippen LogP) is 15.8. The van der Waals surface area contributed by atoms with E-state index in [2.05, 4.69) is 264 Å². The first-order chi connectivity index (χ1) is 32.3. The molecule has 4 nitrogen and oxygen atoms in total. The third kappa shape index (κ3) is 7.82. The van der Waals surface area contributed by atoms with Gasteiger partial charge in [-0.1, -0.05) is 176 Å². The SMILES string of the molecule is C=C1/C(=C\C=C(/C)N(c2ccccc2)c2ccccc2)B2c3oc(-c4ccccc4)c(-c4ccccc4)c3N(c3ccc(C(C)(C)C)c(C)c3)c3cccc(c32)N1c1ccc(C(C)(C)C)cc1. The lowest BCUT2D eigenvalue weighted by atomic mass is 9.34. The summed E-state index contributed by atoms with van der Waals surface area (Å²) in [7, 11) is 0. The van der Waals surface area contributed by atoms with Gasteiger partial charge in [-0.3, -0.25) is 0 Å². The Bertz CT molecular complexity index is 3130. The van der Waals surface area contributed by atoms with Crippen LogP contribution in [0, 0.1) is 6.92 Å². The molecule has 0 aliphatic carbocycles. The maximum Gasteiger partial charge on any atom is 0.297 e. The summed E-state index contributed by atoms with van der Waals surface area (Å²) in [5.74, 6) is 0.843. The van der Waals surface area contributed by atoms with Crippen molar-refractivity contribution >= 4 is 57.6 Å². The van der Waals surface area contributed by atoms with E-state index in [1.807, 2.05) is 0 Å². The lowest BCUT2D eigenvalue weighted by Gasteiger charge is -2.43. The van der Waals surface area contributed by atoms with Crippen LogP contribution in [0.4, 0.5) is 39.8 Å². The molecule has 8 aromatic rings. The van der Waals surface area contributed by atoms with Gasteiger partial charge in [-0.05, 0) is 125 Å². The number of para-hydroxylation sites is 2. The molecule has 0 saturated carbocycles. The number of anilines is 7. The zero-order valence-electron chi connectivity index (χ0n) is 40.0. The Labute approximate surface area is 397 Å². The molecule has 3 heterocycles. The molecule has 67 heavy (non-hydrogen) atoms. The van der Waals surface area contributed by atoms with Gasteiger partial charge in [-0.15, -0.1) is 0 Å². The van der Waals surface area contributed by atoms with Crippen LogP contribution >= 0.6 is 0 Å².